The Kier molecular flexibility index (Phi) is 3.43. The van der Waals surface area contributed by atoms with Crippen molar-refractivity contribution in [1.82, 2.24) is 4.98 Å². The number of aromatic nitrogens is 1. The van der Waals surface area contributed by atoms with E-state index >= 15 is 0 Å². The van der Waals surface area contributed by atoms with Crippen LogP contribution >= 0.6 is 11.3 Å². The Labute approximate surface area is 128 Å². The van der Waals surface area contributed by atoms with Crippen LogP contribution in [-0.4, -0.2) is 23.3 Å². The second-order valence-corrected chi connectivity index (χ2v) is 6.99. The molecule has 1 aliphatic rings. The fourth-order valence-corrected chi connectivity index (χ4v) is 3.06. The second kappa shape index (κ2) is 4.90. The molecule has 0 unspecified atom stereocenters. The minimum atomic E-state index is -0.573. The first-order chi connectivity index (χ1) is 9.82. The summed E-state index contributed by atoms with van der Waals surface area (Å²) in [7, 11) is -0.573. The monoisotopic (exact) mass is 305 g/mol. The van der Waals surface area contributed by atoms with Gasteiger partial charge in [-0.05, 0) is 33.8 Å². The molecule has 0 atom stereocenters. The first-order valence-electron chi connectivity index (χ1n) is 6.86. The summed E-state index contributed by atoms with van der Waals surface area (Å²) in [4.78, 5) is 5.10. The first kappa shape index (κ1) is 14.7. The second-order valence-electron chi connectivity index (χ2n) is 6.13. The SMILES string of the molecule is CC1(C)OB(c2ncsc2-c2ccccc2F)OC1(C)C. The van der Waals surface area contributed by atoms with Crippen molar-refractivity contribution in [2.75, 3.05) is 0 Å². The lowest BCUT2D eigenvalue weighted by molar-refractivity contribution is 0.00578. The summed E-state index contributed by atoms with van der Waals surface area (Å²) in [6.07, 6.45) is 0. The molecular formula is C15H17BFNO2S. The molecule has 21 heavy (non-hydrogen) atoms. The van der Waals surface area contributed by atoms with E-state index in [1.807, 2.05) is 33.8 Å². The lowest BCUT2D eigenvalue weighted by Crippen LogP contribution is -2.41. The summed E-state index contributed by atoms with van der Waals surface area (Å²) in [6, 6.07) is 6.68. The largest absolute Gasteiger partial charge is 0.516 e. The van der Waals surface area contributed by atoms with Crippen LogP contribution in [-0.2, 0) is 9.31 Å². The summed E-state index contributed by atoms with van der Waals surface area (Å²) >= 11 is 1.39. The van der Waals surface area contributed by atoms with Crippen LogP contribution in [0.3, 0.4) is 0 Å². The predicted octanol–water partition coefficient (Wildman–Crippen LogP) is 3.25. The number of hydrogen-bond acceptors (Lipinski definition) is 4. The van der Waals surface area contributed by atoms with Crippen LogP contribution in [0.15, 0.2) is 29.8 Å². The maximum atomic E-state index is 14.0. The summed E-state index contributed by atoms with van der Waals surface area (Å²) in [5.74, 6) is -0.264. The molecule has 3 nitrogen and oxygen atoms in total. The van der Waals surface area contributed by atoms with E-state index in [0.29, 0.717) is 11.2 Å². The third-order valence-electron chi connectivity index (χ3n) is 4.19. The molecule has 1 fully saturated rings. The van der Waals surface area contributed by atoms with E-state index in [9.17, 15) is 4.39 Å². The van der Waals surface area contributed by atoms with Gasteiger partial charge in [-0.1, -0.05) is 18.2 Å². The zero-order valence-corrected chi connectivity index (χ0v) is 13.3. The van der Waals surface area contributed by atoms with Crippen LogP contribution in [0, 0.1) is 5.82 Å². The molecule has 0 saturated carbocycles. The highest BCUT2D eigenvalue weighted by Crippen LogP contribution is 2.37. The minimum absolute atomic E-state index is 0.264. The van der Waals surface area contributed by atoms with Gasteiger partial charge in [-0.25, -0.2) is 4.39 Å². The van der Waals surface area contributed by atoms with Crippen molar-refractivity contribution in [2.45, 2.75) is 38.9 Å². The zero-order chi connectivity index (χ0) is 15.3. The van der Waals surface area contributed by atoms with Gasteiger partial charge in [0.2, 0.25) is 0 Å². The topological polar surface area (TPSA) is 31.4 Å². The van der Waals surface area contributed by atoms with Crippen molar-refractivity contribution in [1.29, 1.82) is 0 Å². The van der Waals surface area contributed by atoms with Gasteiger partial charge in [0.1, 0.15) is 5.82 Å². The van der Waals surface area contributed by atoms with Crippen molar-refractivity contribution in [3.8, 4) is 10.4 Å². The first-order valence-corrected chi connectivity index (χ1v) is 7.74. The maximum Gasteiger partial charge on any atom is 0.516 e. The van der Waals surface area contributed by atoms with Crippen molar-refractivity contribution in [2.24, 2.45) is 0 Å². The zero-order valence-electron chi connectivity index (χ0n) is 12.5. The number of rotatable bonds is 2. The fraction of sp³-hybridized carbons (Fsp3) is 0.400. The molecule has 2 heterocycles. The van der Waals surface area contributed by atoms with Crippen LogP contribution < -0.4 is 5.59 Å². The van der Waals surface area contributed by atoms with Gasteiger partial charge in [0, 0.05) is 5.56 Å². The minimum Gasteiger partial charge on any atom is -0.398 e. The number of halogens is 1. The van der Waals surface area contributed by atoms with E-state index in [1.165, 1.54) is 17.4 Å². The summed E-state index contributed by atoms with van der Waals surface area (Å²) in [5, 5.41) is 0. The van der Waals surface area contributed by atoms with E-state index in [-0.39, 0.29) is 5.82 Å². The fourth-order valence-electron chi connectivity index (χ4n) is 2.22. The highest BCUT2D eigenvalue weighted by Gasteiger charge is 2.53. The van der Waals surface area contributed by atoms with Gasteiger partial charge in [0.05, 0.1) is 27.2 Å². The van der Waals surface area contributed by atoms with Crippen LogP contribution in [0.4, 0.5) is 4.39 Å². The normalized spacial score (nSPS) is 20.0. The van der Waals surface area contributed by atoms with Crippen LogP contribution in [0.2, 0.25) is 0 Å². The summed E-state index contributed by atoms with van der Waals surface area (Å²) < 4.78 is 26.0. The summed E-state index contributed by atoms with van der Waals surface area (Å²) in [5.41, 5.74) is 2.00. The van der Waals surface area contributed by atoms with Gasteiger partial charge in [-0.15, -0.1) is 11.3 Å². The maximum absolute atomic E-state index is 14.0. The molecule has 0 spiro atoms. The van der Waals surface area contributed by atoms with Gasteiger partial charge in [-0.2, -0.15) is 0 Å². The van der Waals surface area contributed by atoms with E-state index in [4.69, 9.17) is 9.31 Å². The molecule has 1 aliphatic heterocycles. The lowest BCUT2D eigenvalue weighted by atomic mass is 9.82. The molecule has 1 saturated heterocycles. The van der Waals surface area contributed by atoms with Crippen LogP contribution in [0.25, 0.3) is 10.4 Å². The van der Waals surface area contributed by atoms with Crippen molar-refractivity contribution in [3.05, 3.63) is 35.6 Å². The van der Waals surface area contributed by atoms with Crippen LogP contribution in [0.1, 0.15) is 27.7 Å². The number of benzene rings is 1. The van der Waals surface area contributed by atoms with Gasteiger partial charge < -0.3 is 9.31 Å². The molecule has 0 amide bonds. The van der Waals surface area contributed by atoms with Gasteiger partial charge in [0.25, 0.3) is 0 Å². The van der Waals surface area contributed by atoms with Gasteiger partial charge in [-0.3, -0.25) is 4.98 Å². The van der Waals surface area contributed by atoms with E-state index in [0.717, 1.165) is 4.88 Å². The van der Waals surface area contributed by atoms with Crippen LogP contribution in [0.5, 0.6) is 0 Å². The van der Waals surface area contributed by atoms with Crippen molar-refractivity contribution >= 4 is 24.0 Å². The third-order valence-corrected chi connectivity index (χ3v) is 5.07. The number of hydrogen-bond donors (Lipinski definition) is 0. The molecule has 0 bridgehead atoms. The summed E-state index contributed by atoms with van der Waals surface area (Å²) in [6.45, 7) is 7.95. The van der Waals surface area contributed by atoms with Gasteiger partial charge >= 0.3 is 7.12 Å². The molecule has 3 rings (SSSR count). The number of nitrogens with zero attached hydrogens (tertiary/aromatic N) is 1. The highest BCUT2D eigenvalue weighted by molar-refractivity contribution is 7.14. The quantitative estimate of drug-likeness (QED) is 0.798. The standard InChI is InChI=1S/C15H17BFNO2S/c1-14(2)15(3,4)20-16(19-14)13-12(21-9-18-13)10-7-5-6-8-11(10)17/h5-9H,1-4H3. The average molecular weight is 305 g/mol. The smallest absolute Gasteiger partial charge is 0.398 e. The number of thiazole rings is 1. The Balaban J connectivity index is 2.00. The molecular weight excluding hydrogens is 288 g/mol. The molecule has 110 valence electrons. The Morgan fingerprint density at radius 2 is 1.71 bits per heavy atom. The van der Waals surface area contributed by atoms with E-state index in [2.05, 4.69) is 4.98 Å². The van der Waals surface area contributed by atoms with Gasteiger partial charge in [0.15, 0.2) is 0 Å². The lowest BCUT2D eigenvalue weighted by Gasteiger charge is -2.32. The molecule has 6 heteroatoms. The Hall–Kier alpha value is -1.24. The predicted molar refractivity (Wildman–Crippen MR) is 83.2 cm³/mol. The Morgan fingerprint density at radius 1 is 1.10 bits per heavy atom. The molecule has 0 N–H and O–H groups in total. The third kappa shape index (κ3) is 2.41. The highest BCUT2D eigenvalue weighted by atomic mass is 32.1. The van der Waals surface area contributed by atoms with Crippen molar-refractivity contribution < 1.29 is 13.7 Å². The molecule has 0 radical (unpaired) electrons. The average Bonchev–Trinajstić information content (AvgIpc) is 2.93. The molecule has 0 aliphatic carbocycles. The molecule has 2 aromatic rings. The van der Waals surface area contributed by atoms with E-state index < -0.39 is 18.3 Å². The molecule has 1 aromatic carbocycles. The molecule has 1 aromatic heterocycles. The Bertz CT molecular complexity index is 655. The van der Waals surface area contributed by atoms with Crippen molar-refractivity contribution in [3.63, 3.8) is 0 Å². The van der Waals surface area contributed by atoms with E-state index in [1.54, 1.807) is 17.6 Å². The Morgan fingerprint density at radius 3 is 2.33 bits per heavy atom.